The van der Waals surface area contributed by atoms with Gasteiger partial charge in [-0.15, -0.1) is 0 Å². The van der Waals surface area contributed by atoms with Gasteiger partial charge in [0.2, 0.25) is 0 Å². The third kappa shape index (κ3) is 5.98. The van der Waals surface area contributed by atoms with E-state index < -0.39 is 11.2 Å². The van der Waals surface area contributed by atoms with Crippen LogP contribution >= 0.6 is 0 Å². The number of hydrogen-bond acceptors (Lipinski definition) is 4. The molecule has 1 aliphatic rings. The van der Waals surface area contributed by atoms with Crippen molar-refractivity contribution in [3.63, 3.8) is 0 Å². The Morgan fingerprint density at radius 2 is 1.92 bits per heavy atom. The molecule has 0 radical (unpaired) electrons. The molecule has 0 spiro atoms. The van der Waals surface area contributed by atoms with E-state index in [-0.39, 0.29) is 12.8 Å². The first-order valence-corrected chi connectivity index (χ1v) is 9.11. The van der Waals surface area contributed by atoms with Crippen molar-refractivity contribution in [2.75, 3.05) is 26.3 Å². The molecule has 1 N–H and O–H groups in total. The van der Waals surface area contributed by atoms with Gasteiger partial charge in [0.05, 0.1) is 17.9 Å². The van der Waals surface area contributed by atoms with Crippen LogP contribution in [0.25, 0.3) is 0 Å². The number of nitrogens with zero attached hydrogens (tertiary/aromatic N) is 1. The minimum atomic E-state index is -0.910. The predicted molar refractivity (Wildman–Crippen MR) is 101 cm³/mol. The Balaban J connectivity index is 1.80. The van der Waals surface area contributed by atoms with Crippen LogP contribution in [0, 0.1) is 0 Å². The first kappa shape index (κ1) is 20.2. The first-order chi connectivity index (χ1) is 11.7. The van der Waals surface area contributed by atoms with Gasteiger partial charge in [0.25, 0.3) is 0 Å². The van der Waals surface area contributed by atoms with Crippen molar-refractivity contribution in [2.45, 2.75) is 57.8 Å². The third-order valence-corrected chi connectivity index (χ3v) is 5.14. The first-order valence-electron chi connectivity index (χ1n) is 9.11. The fourth-order valence-corrected chi connectivity index (χ4v) is 2.68. The Hall–Kier alpha value is -1.11. The van der Waals surface area contributed by atoms with E-state index in [9.17, 15) is 9.50 Å². The van der Waals surface area contributed by atoms with Crippen molar-refractivity contribution in [3.05, 3.63) is 24.3 Å². The summed E-state index contributed by atoms with van der Waals surface area (Å²) in [5, 5.41) is 10.1. The second-order valence-corrected chi connectivity index (χ2v) is 7.87. The van der Waals surface area contributed by atoms with E-state index in [4.69, 9.17) is 9.39 Å². The maximum atomic E-state index is 12.2. The quantitative estimate of drug-likeness (QED) is 0.692. The van der Waals surface area contributed by atoms with Gasteiger partial charge in [0, 0.05) is 19.6 Å². The van der Waals surface area contributed by atoms with Crippen LogP contribution in [0.1, 0.15) is 40.5 Å². The average Bonchev–Trinajstić information content (AvgIpc) is 2.98. The van der Waals surface area contributed by atoms with E-state index in [0.29, 0.717) is 13.9 Å². The summed E-state index contributed by atoms with van der Waals surface area (Å²) >= 11 is 0. The standard InChI is InChI=1S/C19H31BFNO3/c1-18(2,23)19(3,4)25-20-15-6-8-16(9-7-15)24-17-10-13-22(14-17)12-5-11-21/h6-9,17,20,23H,5,10-14H2,1-4H3/t17-/m0/s1. The summed E-state index contributed by atoms with van der Waals surface area (Å²) in [4.78, 5) is 2.26. The molecule has 0 bridgehead atoms. The summed E-state index contributed by atoms with van der Waals surface area (Å²) in [5.74, 6) is 0.850. The van der Waals surface area contributed by atoms with Gasteiger partial charge >= 0.3 is 7.48 Å². The molecule has 1 aliphatic heterocycles. The molecule has 25 heavy (non-hydrogen) atoms. The lowest BCUT2D eigenvalue weighted by atomic mass is 9.82. The molecule has 6 heteroatoms. The SMILES string of the molecule is CC(C)(O)C(C)(C)OBc1ccc(O[C@H]2CCN(CCCF)C2)cc1. The lowest BCUT2D eigenvalue weighted by Crippen LogP contribution is -2.49. The van der Waals surface area contributed by atoms with E-state index >= 15 is 0 Å². The molecule has 1 aromatic carbocycles. The van der Waals surface area contributed by atoms with Gasteiger partial charge < -0.3 is 14.5 Å². The number of hydrogen-bond donors (Lipinski definition) is 1. The largest absolute Gasteiger partial charge is 0.489 e. The fourth-order valence-electron chi connectivity index (χ4n) is 2.68. The predicted octanol–water partition coefficient (Wildman–Crippen LogP) is 2.04. The minimum Gasteiger partial charge on any atom is -0.489 e. The number of halogens is 1. The maximum Gasteiger partial charge on any atom is 0.309 e. The Morgan fingerprint density at radius 3 is 2.52 bits per heavy atom. The fraction of sp³-hybridized carbons (Fsp3) is 0.684. The zero-order valence-electron chi connectivity index (χ0n) is 15.9. The molecule has 0 unspecified atom stereocenters. The summed E-state index contributed by atoms with van der Waals surface area (Å²) in [5.41, 5.74) is -0.498. The van der Waals surface area contributed by atoms with E-state index in [2.05, 4.69) is 4.90 Å². The van der Waals surface area contributed by atoms with Gasteiger partial charge in [0.15, 0.2) is 0 Å². The second-order valence-electron chi connectivity index (χ2n) is 7.87. The molecular formula is C19H31BFNO3. The summed E-state index contributed by atoms with van der Waals surface area (Å²) in [7, 11) is 0.442. The van der Waals surface area contributed by atoms with Gasteiger partial charge in [-0.2, -0.15) is 0 Å². The van der Waals surface area contributed by atoms with E-state index in [1.54, 1.807) is 13.8 Å². The zero-order chi connectivity index (χ0) is 18.5. The highest BCUT2D eigenvalue weighted by atomic mass is 19.1. The zero-order valence-corrected chi connectivity index (χ0v) is 15.9. The Bertz CT molecular complexity index is 530. The monoisotopic (exact) mass is 351 g/mol. The molecular weight excluding hydrogens is 320 g/mol. The smallest absolute Gasteiger partial charge is 0.309 e. The molecule has 1 aromatic rings. The number of benzene rings is 1. The van der Waals surface area contributed by atoms with Crippen molar-refractivity contribution in [2.24, 2.45) is 0 Å². The van der Waals surface area contributed by atoms with Gasteiger partial charge in [-0.05, 0) is 52.7 Å². The molecule has 2 rings (SSSR count). The second kappa shape index (κ2) is 8.52. The summed E-state index contributed by atoms with van der Waals surface area (Å²) in [6.07, 6.45) is 1.76. The normalized spacial score (nSPS) is 19.2. The highest BCUT2D eigenvalue weighted by Crippen LogP contribution is 2.24. The van der Waals surface area contributed by atoms with Gasteiger partial charge in [-0.25, -0.2) is 0 Å². The van der Waals surface area contributed by atoms with Crippen LogP contribution in [-0.2, 0) is 4.65 Å². The molecule has 1 fully saturated rings. The third-order valence-electron chi connectivity index (χ3n) is 5.14. The van der Waals surface area contributed by atoms with Crippen molar-refractivity contribution >= 4 is 12.9 Å². The number of rotatable bonds is 9. The molecule has 0 aliphatic carbocycles. The van der Waals surface area contributed by atoms with E-state index in [1.165, 1.54) is 0 Å². The van der Waals surface area contributed by atoms with E-state index in [1.807, 2.05) is 38.1 Å². The highest BCUT2D eigenvalue weighted by Gasteiger charge is 2.35. The summed E-state index contributed by atoms with van der Waals surface area (Å²) in [6, 6.07) is 7.90. The number of ether oxygens (including phenoxy) is 1. The van der Waals surface area contributed by atoms with Crippen molar-refractivity contribution in [1.29, 1.82) is 0 Å². The molecule has 1 atom stereocenters. The Kier molecular flexibility index (Phi) is 6.89. The Morgan fingerprint density at radius 1 is 1.24 bits per heavy atom. The average molecular weight is 351 g/mol. The van der Waals surface area contributed by atoms with Crippen molar-refractivity contribution < 1.29 is 18.9 Å². The number of aliphatic hydroxyl groups is 1. The van der Waals surface area contributed by atoms with Crippen LogP contribution in [0.3, 0.4) is 0 Å². The molecule has 1 heterocycles. The molecule has 140 valence electrons. The van der Waals surface area contributed by atoms with Crippen LogP contribution in [-0.4, -0.2) is 61.1 Å². The minimum absolute atomic E-state index is 0.177. The van der Waals surface area contributed by atoms with Crippen LogP contribution in [0.15, 0.2) is 24.3 Å². The van der Waals surface area contributed by atoms with Crippen LogP contribution < -0.4 is 10.2 Å². The molecule has 0 aromatic heterocycles. The Labute approximate surface area is 151 Å². The lowest BCUT2D eigenvalue weighted by molar-refractivity contribution is -0.0893. The van der Waals surface area contributed by atoms with E-state index in [0.717, 1.165) is 37.3 Å². The van der Waals surface area contributed by atoms with Crippen LogP contribution in [0.4, 0.5) is 4.39 Å². The molecule has 1 saturated heterocycles. The number of alkyl halides is 1. The van der Waals surface area contributed by atoms with Crippen LogP contribution in [0.2, 0.25) is 0 Å². The van der Waals surface area contributed by atoms with Crippen LogP contribution in [0.5, 0.6) is 5.75 Å². The molecule has 0 amide bonds. The maximum absolute atomic E-state index is 12.2. The van der Waals surface area contributed by atoms with Gasteiger partial charge in [-0.1, -0.05) is 17.6 Å². The number of likely N-dealkylation sites (tertiary alicyclic amines) is 1. The highest BCUT2D eigenvalue weighted by molar-refractivity contribution is 6.47. The molecule has 4 nitrogen and oxygen atoms in total. The van der Waals surface area contributed by atoms with Gasteiger partial charge in [-0.3, -0.25) is 9.29 Å². The lowest BCUT2D eigenvalue weighted by Gasteiger charge is -2.37. The van der Waals surface area contributed by atoms with Crippen molar-refractivity contribution in [3.8, 4) is 5.75 Å². The van der Waals surface area contributed by atoms with Crippen molar-refractivity contribution in [1.82, 2.24) is 4.90 Å². The summed E-state index contributed by atoms with van der Waals surface area (Å²) in [6.45, 7) is 9.68. The molecule has 0 saturated carbocycles. The summed E-state index contributed by atoms with van der Waals surface area (Å²) < 4.78 is 24.1. The topological polar surface area (TPSA) is 41.9 Å². The van der Waals surface area contributed by atoms with Gasteiger partial charge in [0.1, 0.15) is 11.9 Å².